The molecule has 1 aromatic carbocycles. The molecule has 1 aliphatic heterocycles. The molecule has 1 fully saturated rings. The smallest absolute Gasteiger partial charge is 0.121 e. The second-order valence-corrected chi connectivity index (χ2v) is 6.32. The average Bonchev–Trinajstić information content (AvgIpc) is 2.42. The molecule has 2 atom stereocenters. The third-order valence-electron chi connectivity index (χ3n) is 3.35. The van der Waals surface area contributed by atoms with Gasteiger partial charge < -0.3 is 14.8 Å². The van der Waals surface area contributed by atoms with Crippen LogP contribution in [0.25, 0.3) is 0 Å². The van der Waals surface area contributed by atoms with Crippen LogP contribution in [-0.4, -0.2) is 37.4 Å². The molecule has 1 aromatic rings. The molecule has 0 spiro atoms. The predicted octanol–water partition coefficient (Wildman–Crippen LogP) is 3.41. The molecule has 19 heavy (non-hydrogen) atoms. The summed E-state index contributed by atoms with van der Waals surface area (Å²) in [5.74, 6) is 2.19. The third-order valence-corrected chi connectivity index (χ3v) is 4.73. The van der Waals surface area contributed by atoms with E-state index in [2.05, 4.69) is 36.1 Å². The molecule has 0 saturated carbocycles. The highest BCUT2D eigenvalue weighted by Crippen LogP contribution is 2.28. The first-order valence-corrected chi connectivity index (χ1v) is 7.94. The SMILES string of the molecule is COCCOc1cccc(NC2CCCSC2C)c1. The number of ether oxygens (including phenoxy) is 2. The molecular formula is C15H23NO2S. The lowest BCUT2D eigenvalue weighted by atomic mass is 10.1. The molecule has 2 unspecified atom stereocenters. The Kier molecular flexibility index (Phi) is 5.86. The van der Waals surface area contributed by atoms with Crippen molar-refractivity contribution in [2.75, 3.05) is 31.4 Å². The van der Waals surface area contributed by atoms with Gasteiger partial charge in [-0.15, -0.1) is 0 Å². The highest BCUT2D eigenvalue weighted by atomic mass is 32.2. The lowest BCUT2D eigenvalue weighted by molar-refractivity contribution is 0.146. The third kappa shape index (κ3) is 4.62. The highest BCUT2D eigenvalue weighted by Gasteiger charge is 2.21. The van der Waals surface area contributed by atoms with E-state index >= 15 is 0 Å². The standard InChI is InChI=1S/C15H23NO2S/c1-12-15(7-4-10-19-12)16-13-5-3-6-14(11-13)18-9-8-17-2/h3,5-6,11-12,15-16H,4,7-10H2,1-2H3. The minimum absolute atomic E-state index is 0.563. The predicted molar refractivity (Wildman–Crippen MR) is 82.4 cm³/mol. The van der Waals surface area contributed by atoms with Gasteiger partial charge >= 0.3 is 0 Å². The van der Waals surface area contributed by atoms with E-state index in [0.717, 1.165) is 11.4 Å². The second-order valence-electron chi connectivity index (χ2n) is 4.84. The van der Waals surface area contributed by atoms with E-state index in [0.29, 0.717) is 24.5 Å². The van der Waals surface area contributed by atoms with Crippen molar-refractivity contribution in [2.45, 2.75) is 31.1 Å². The molecule has 1 N–H and O–H groups in total. The Morgan fingerprint density at radius 3 is 3.05 bits per heavy atom. The first-order valence-electron chi connectivity index (χ1n) is 6.89. The molecule has 2 rings (SSSR count). The summed E-state index contributed by atoms with van der Waals surface area (Å²) < 4.78 is 10.6. The molecule has 0 amide bonds. The van der Waals surface area contributed by atoms with E-state index in [-0.39, 0.29) is 0 Å². The monoisotopic (exact) mass is 281 g/mol. The minimum atomic E-state index is 0.563. The number of methoxy groups -OCH3 is 1. The Bertz CT molecular complexity index is 386. The van der Waals surface area contributed by atoms with Gasteiger partial charge in [-0.3, -0.25) is 0 Å². The number of anilines is 1. The van der Waals surface area contributed by atoms with Crippen LogP contribution in [0.15, 0.2) is 24.3 Å². The number of rotatable bonds is 6. The van der Waals surface area contributed by atoms with Gasteiger partial charge in [-0.2, -0.15) is 11.8 Å². The van der Waals surface area contributed by atoms with Crippen LogP contribution in [0.3, 0.4) is 0 Å². The fraction of sp³-hybridized carbons (Fsp3) is 0.600. The quantitative estimate of drug-likeness (QED) is 0.810. The maximum absolute atomic E-state index is 5.63. The van der Waals surface area contributed by atoms with E-state index in [1.807, 2.05) is 12.1 Å². The van der Waals surface area contributed by atoms with Crippen molar-refractivity contribution in [1.82, 2.24) is 0 Å². The van der Waals surface area contributed by atoms with Crippen molar-refractivity contribution in [2.24, 2.45) is 0 Å². The summed E-state index contributed by atoms with van der Waals surface area (Å²) in [5.41, 5.74) is 1.15. The lowest BCUT2D eigenvalue weighted by Gasteiger charge is -2.30. The molecule has 1 aliphatic rings. The van der Waals surface area contributed by atoms with Crippen LogP contribution in [0.4, 0.5) is 5.69 Å². The van der Waals surface area contributed by atoms with Crippen LogP contribution < -0.4 is 10.1 Å². The number of benzene rings is 1. The van der Waals surface area contributed by atoms with Gasteiger partial charge in [0.2, 0.25) is 0 Å². The first-order chi connectivity index (χ1) is 9.29. The Hall–Kier alpha value is -0.870. The van der Waals surface area contributed by atoms with Gasteiger partial charge in [-0.05, 0) is 30.7 Å². The van der Waals surface area contributed by atoms with Crippen LogP contribution in [-0.2, 0) is 4.74 Å². The van der Waals surface area contributed by atoms with Crippen LogP contribution in [0.5, 0.6) is 5.75 Å². The zero-order valence-electron chi connectivity index (χ0n) is 11.7. The van der Waals surface area contributed by atoms with E-state index in [9.17, 15) is 0 Å². The van der Waals surface area contributed by atoms with Gasteiger partial charge in [0.1, 0.15) is 12.4 Å². The molecular weight excluding hydrogens is 258 g/mol. The van der Waals surface area contributed by atoms with Gasteiger partial charge in [0, 0.05) is 30.2 Å². The summed E-state index contributed by atoms with van der Waals surface area (Å²) in [6.07, 6.45) is 2.56. The van der Waals surface area contributed by atoms with Crippen molar-refractivity contribution < 1.29 is 9.47 Å². The van der Waals surface area contributed by atoms with Crippen LogP contribution >= 0.6 is 11.8 Å². The molecule has 0 aliphatic carbocycles. The van der Waals surface area contributed by atoms with Gasteiger partial charge in [0.25, 0.3) is 0 Å². The van der Waals surface area contributed by atoms with Gasteiger partial charge in [0.05, 0.1) is 6.61 Å². The minimum Gasteiger partial charge on any atom is -0.491 e. The number of nitrogens with one attached hydrogen (secondary N) is 1. The second kappa shape index (κ2) is 7.65. The summed E-state index contributed by atoms with van der Waals surface area (Å²) >= 11 is 2.06. The molecule has 0 bridgehead atoms. The van der Waals surface area contributed by atoms with E-state index in [4.69, 9.17) is 9.47 Å². The van der Waals surface area contributed by atoms with Crippen molar-refractivity contribution in [1.29, 1.82) is 0 Å². The molecule has 3 nitrogen and oxygen atoms in total. The van der Waals surface area contributed by atoms with Gasteiger partial charge in [-0.1, -0.05) is 13.0 Å². The lowest BCUT2D eigenvalue weighted by Crippen LogP contribution is -2.32. The highest BCUT2D eigenvalue weighted by molar-refractivity contribution is 8.00. The van der Waals surface area contributed by atoms with Gasteiger partial charge in [-0.25, -0.2) is 0 Å². The maximum Gasteiger partial charge on any atom is 0.121 e. The molecule has 0 aromatic heterocycles. The molecule has 1 saturated heterocycles. The fourth-order valence-electron chi connectivity index (χ4n) is 2.25. The van der Waals surface area contributed by atoms with Crippen molar-refractivity contribution >= 4 is 17.4 Å². The zero-order chi connectivity index (χ0) is 13.5. The largest absolute Gasteiger partial charge is 0.491 e. The Balaban J connectivity index is 1.90. The van der Waals surface area contributed by atoms with E-state index in [1.54, 1.807) is 7.11 Å². The van der Waals surface area contributed by atoms with E-state index < -0.39 is 0 Å². The number of hydrogen-bond donors (Lipinski definition) is 1. The number of thioether (sulfide) groups is 1. The topological polar surface area (TPSA) is 30.5 Å². The van der Waals surface area contributed by atoms with Crippen molar-refractivity contribution in [3.63, 3.8) is 0 Å². The summed E-state index contributed by atoms with van der Waals surface area (Å²) in [4.78, 5) is 0. The average molecular weight is 281 g/mol. The molecule has 1 heterocycles. The van der Waals surface area contributed by atoms with E-state index in [1.165, 1.54) is 18.6 Å². The Morgan fingerprint density at radius 1 is 1.37 bits per heavy atom. The Morgan fingerprint density at radius 2 is 2.26 bits per heavy atom. The van der Waals surface area contributed by atoms with Crippen LogP contribution in [0.1, 0.15) is 19.8 Å². The molecule has 0 radical (unpaired) electrons. The van der Waals surface area contributed by atoms with Gasteiger partial charge in [0.15, 0.2) is 0 Å². The first kappa shape index (κ1) is 14.5. The fourth-order valence-corrected chi connectivity index (χ4v) is 3.39. The van der Waals surface area contributed by atoms with Crippen molar-refractivity contribution in [3.05, 3.63) is 24.3 Å². The Labute approximate surface area is 120 Å². The van der Waals surface area contributed by atoms with Crippen LogP contribution in [0.2, 0.25) is 0 Å². The maximum atomic E-state index is 5.63. The molecule has 4 heteroatoms. The summed E-state index contributed by atoms with van der Waals surface area (Å²) in [5, 5.41) is 4.30. The molecule has 106 valence electrons. The van der Waals surface area contributed by atoms with Crippen LogP contribution in [0, 0.1) is 0 Å². The summed E-state index contributed by atoms with van der Waals surface area (Å²) in [6.45, 7) is 3.52. The number of hydrogen-bond acceptors (Lipinski definition) is 4. The van der Waals surface area contributed by atoms with Crippen molar-refractivity contribution in [3.8, 4) is 5.75 Å². The zero-order valence-corrected chi connectivity index (χ0v) is 12.5. The normalized spacial score (nSPS) is 23.1. The summed E-state index contributed by atoms with van der Waals surface area (Å²) in [7, 11) is 1.68. The summed E-state index contributed by atoms with van der Waals surface area (Å²) in [6, 6.07) is 8.76.